The van der Waals surface area contributed by atoms with Crippen molar-refractivity contribution in [2.45, 2.75) is 26.2 Å². The Morgan fingerprint density at radius 1 is 0.846 bits per heavy atom. The van der Waals surface area contributed by atoms with E-state index in [1.54, 1.807) is 6.07 Å². The topological polar surface area (TPSA) is 49.8 Å². The predicted molar refractivity (Wildman–Crippen MR) is 100 cm³/mol. The average molecular weight is 354 g/mol. The molecule has 1 aromatic heterocycles. The van der Waals surface area contributed by atoms with Crippen LogP contribution in [0.4, 0.5) is 31.9 Å². The summed E-state index contributed by atoms with van der Waals surface area (Å²) >= 11 is 0. The van der Waals surface area contributed by atoms with Gasteiger partial charge in [0.05, 0.1) is 0 Å². The van der Waals surface area contributed by atoms with Crippen LogP contribution in [0, 0.1) is 11.6 Å². The molecule has 3 rings (SSSR count). The van der Waals surface area contributed by atoms with Gasteiger partial charge in [0.2, 0.25) is 5.95 Å². The molecular weight excluding hydrogens is 334 g/mol. The number of halogens is 2. The van der Waals surface area contributed by atoms with Crippen molar-refractivity contribution in [2.24, 2.45) is 0 Å². The summed E-state index contributed by atoms with van der Waals surface area (Å²) in [5, 5.41) is 5.74. The standard InChI is InChI=1S/C20H20F2N4/c1-20(2,3)13-7-9-14(10-8-13)24-17-11-12-23-19(25-17)26-18-15(21)5-4-6-16(18)22/h4-12H,1-3H3,(H2,23,24,25,26). The molecule has 0 radical (unpaired) electrons. The van der Waals surface area contributed by atoms with Gasteiger partial charge < -0.3 is 10.6 Å². The number of nitrogens with zero attached hydrogens (tertiary/aromatic N) is 2. The summed E-state index contributed by atoms with van der Waals surface area (Å²) in [4.78, 5) is 8.26. The highest BCUT2D eigenvalue weighted by atomic mass is 19.1. The van der Waals surface area contributed by atoms with Gasteiger partial charge in [-0.25, -0.2) is 13.8 Å². The maximum Gasteiger partial charge on any atom is 0.229 e. The largest absolute Gasteiger partial charge is 0.340 e. The van der Waals surface area contributed by atoms with Gasteiger partial charge >= 0.3 is 0 Å². The number of hydrogen-bond acceptors (Lipinski definition) is 4. The molecule has 6 heteroatoms. The van der Waals surface area contributed by atoms with E-state index in [4.69, 9.17) is 0 Å². The van der Waals surface area contributed by atoms with Crippen LogP contribution >= 0.6 is 0 Å². The Morgan fingerprint density at radius 2 is 1.50 bits per heavy atom. The van der Waals surface area contributed by atoms with Gasteiger partial charge in [-0.1, -0.05) is 39.0 Å². The minimum absolute atomic E-state index is 0.0777. The van der Waals surface area contributed by atoms with Crippen LogP contribution in [0.5, 0.6) is 0 Å². The fourth-order valence-corrected chi connectivity index (χ4v) is 2.42. The van der Waals surface area contributed by atoms with Crippen LogP contribution in [-0.4, -0.2) is 9.97 Å². The van der Waals surface area contributed by atoms with Gasteiger partial charge in [0.15, 0.2) is 0 Å². The number of nitrogens with one attached hydrogen (secondary N) is 2. The van der Waals surface area contributed by atoms with Gasteiger partial charge in [-0.05, 0) is 41.3 Å². The van der Waals surface area contributed by atoms with Gasteiger partial charge in [-0.2, -0.15) is 4.98 Å². The fourth-order valence-electron chi connectivity index (χ4n) is 2.42. The normalized spacial score (nSPS) is 11.3. The quantitative estimate of drug-likeness (QED) is 0.646. The Morgan fingerprint density at radius 3 is 2.12 bits per heavy atom. The molecular formula is C20H20F2N4. The van der Waals surface area contributed by atoms with Gasteiger partial charge in [-0.3, -0.25) is 0 Å². The Kier molecular flexibility index (Phi) is 4.84. The summed E-state index contributed by atoms with van der Waals surface area (Å²) in [6, 6.07) is 13.4. The first-order chi connectivity index (χ1) is 12.3. The van der Waals surface area contributed by atoms with Crippen LogP contribution in [0.15, 0.2) is 54.7 Å². The van der Waals surface area contributed by atoms with Gasteiger partial charge in [0.25, 0.3) is 0 Å². The van der Waals surface area contributed by atoms with Crippen molar-refractivity contribution in [3.63, 3.8) is 0 Å². The Labute approximate surface area is 151 Å². The Bertz CT molecular complexity index is 882. The van der Waals surface area contributed by atoms with Crippen molar-refractivity contribution in [1.82, 2.24) is 9.97 Å². The number of para-hydroxylation sites is 1. The number of hydrogen-bond donors (Lipinski definition) is 2. The van der Waals surface area contributed by atoms with E-state index in [1.165, 1.54) is 30.0 Å². The summed E-state index contributed by atoms with van der Waals surface area (Å²) in [6.45, 7) is 6.46. The monoisotopic (exact) mass is 354 g/mol. The summed E-state index contributed by atoms with van der Waals surface area (Å²) in [5.41, 5.74) is 1.89. The molecule has 0 spiro atoms. The van der Waals surface area contributed by atoms with Crippen molar-refractivity contribution in [2.75, 3.05) is 10.6 Å². The number of anilines is 4. The van der Waals surface area contributed by atoms with E-state index >= 15 is 0 Å². The molecule has 0 aliphatic rings. The van der Waals surface area contributed by atoms with Crippen molar-refractivity contribution in [3.05, 3.63) is 71.9 Å². The molecule has 0 unspecified atom stereocenters. The Hall–Kier alpha value is -3.02. The van der Waals surface area contributed by atoms with Crippen LogP contribution in [0.25, 0.3) is 0 Å². The van der Waals surface area contributed by atoms with E-state index in [0.717, 1.165) is 5.69 Å². The van der Waals surface area contributed by atoms with E-state index < -0.39 is 11.6 Å². The van der Waals surface area contributed by atoms with E-state index in [2.05, 4.69) is 53.5 Å². The predicted octanol–water partition coefficient (Wildman–Crippen LogP) is 5.54. The lowest BCUT2D eigenvalue weighted by molar-refractivity contribution is 0.590. The molecule has 0 saturated heterocycles. The zero-order valence-electron chi connectivity index (χ0n) is 14.8. The van der Waals surface area contributed by atoms with Crippen LogP contribution < -0.4 is 10.6 Å². The summed E-state index contributed by atoms with van der Waals surface area (Å²) in [5.74, 6) is -0.789. The summed E-state index contributed by atoms with van der Waals surface area (Å²) in [6.07, 6.45) is 1.51. The van der Waals surface area contributed by atoms with Crippen LogP contribution in [0.1, 0.15) is 26.3 Å². The lowest BCUT2D eigenvalue weighted by atomic mass is 9.87. The highest BCUT2D eigenvalue weighted by Gasteiger charge is 2.13. The molecule has 0 atom stereocenters. The van der Waals surface area contributed by atoms with Gasteiger partial charge in [0, 0.05) is 11.9 Å². The minimum Gasteiger partial charge on any atom is -0.340 e. The molecule has 0 saturated carbocycles. The third-order valence-corrected chi connectivity index (χ3v) is 3.88. The summed E-state index contributed by atoms with van der Waals surface area (Å²) in [7, 11) is 0. The van der Waals surface area contributed by atoms with Crippen LogP contribution in [0.3, 0.4) is 0 Å². The maximum absolute atomic E-state index is 13.7. The van der Waals surface area contributed by atoms with E-state index in [1.807, 2.05) is 12.1 Å². The van der Waals surface area contributed by atoms with Crippen molar-refractivity contribution in [3.8, 4) is 0 Å². The van der Waals surface area contributed by atoms with E-state index in [0.29, 0.717) is 5.82 Å². The number of aromatic nitrogens is 2. The van der Waals surface area contributed by atoms with Crippen LogP contribution in [-0.2, 0) is 5.41 Å². The molecule has 3 aromatic rings. The van der Waals surface area contributed by atoms with Gasteiger partial charge in [0.1, 0.15) is 23.1 Å². The Balaban J connectivity index is 1.77. The van der Waals surface area contributed by atoms with Crippen molar-refractivity contribution < 1.29 is 8.78 Å². The van der Waals surface area contributed by atoms with Gasteiger partial charge in [-0.15, -0.1) is 0 Å². The molecule has 0 aliphatic carbocycles. The lowest BCUT2D eigenvalue weighted by Crippen LogP contribution is -2.10. The minimum atomic E-state index is -0.704. The second-order valence-corrected chi connectivity index (χ2v) is 6.94. The second-order valence-electron chi connectivity index (χ2n) is 6.94. The third kappa shape index (κ3) is 4.14. The van der Waals surface area contributed by atoms with E-state index in [-0.39, 0.29) is 17.1 Å². The molecule has 2 aromatic carbocycles. The average Bonchev–Trinajstić information content (AvgIpc) is 2.58. The zero-order chi connectivity index (χ0) is 18.7. The van der Waals surface area contributed by atoms with Crippen molar-refractivity contribution in [1.29, 1.82) is 0 Å². The number of benzene rings is 2. The smallest absolute Gasteiger partial charge is 0.229 e. The lowest BCUT2D eigenvalue weighted by Gasteiger charge is -2.19. The van der Waals surface area contributed by atoms with Crippen LogP contribution in [0.2, 0.25) is 0 Å². The summed E-state index contributed by atoms with van der Waals surface area (Å²) < 4.78 is 27.5. The first-order valence-electron chi connectivity index (χ1n) is 8.24. The number of rotatable bonds is 4. The molecule has 0 fully saturated rings. The zero-order valence-corrected chi connectivity index (χ0v) is 14.8. The molecule has 0 amide bonds. The highest BCUT2D eigenvalue weighted by molar-refractivity contribution is 5.60. The van der Waals surface area contributed by atoms with E-state index in [9.17, 15) is 8.78 Å². The maximum atomic E-state index is 13.7. The second kappa shape index (κ2) is 7.07. The molecule has 4 nitrogen and oxygen atoms in total. The fraction of sp³-hybridized carbons (Fsp3) is 0.200. The first kappa shape index (κ1) is 17.8. The molecule has 26 heavy (non-hydrogen) atoms. The molecule has 0 aliphatic heterocycles. The highest BCUT2D eigenvalue weighted by Crippen LogP contribution is 2.25. The SMILES string of the molecule is CC(C)(C)c1ccc(Nc2ccnc(Nc3c(F)cccc3F)n2)cc1. The molecule has 2 N–H and O–H groups in total. The molecule has 1 heterocycles. The third-order valence-electron chi connectivity index (χ3n) is 3.88. The molecule has 134 valence electrons. The molecule has 0 bridgehead atoms. The first-order valence-corrected chi connectivity index (χ1v) is 8.24. The van der Waals surface area contributed by atoms with Crippen molar-refractivity contribution >= 4 is 23.1 Å².